The molecule has 1 amide bonds. The van der Waals surface area contributed by atoms with Crippen molar-refractivity contribution in [1.29, 1.82) is 0 Å². The van der Waals surface area contributed by atoms with Gasteiger partial charge in [-0.05, 0) is 64.9 Å². The summed E-state index contributed by atoms with van der Waals surface area (Å²) >= 11 is 3.22. The van der Waals surface area contributed by atoms with Gasteiger partial charge in [0.25, 0.3) is 5.91 Å². The van der Waals surface area contributed by atoms with Crippen molar-refractivity contribution in [1.82, 2.24) is 4.72 Å². The first-order valence-corrected chi connectivity index (χ1v) is 9.19. The highest BCUT2D eigenvalue weighted by Gasteiger charge is 2.26. The maximum absolute atomic E-state index is 12.2. The largest absolute Gasteiger partial charge is 0.507 e. The number of hydrogen-bond donors (Lipinski definition) is 3. The Morgan fingerprint density at radius 3 is 2.62 bits per heavy atom. The monoisotopic (exact) mass is 408 g/mol. The van der Waals surface area contributed by atoms with Gasteiger partial charge in [0.2, 0.25) is 10.0 Å². The number of anilines is 1. The van der Waals surface area contributed by atoms with E-state index in [1.54, 1.807) is 24.3 Å². The lowest BCUT2D eigenvalue weighted by atomic mass is 10.0. The molecule has 0 aliphatic carbocycles. The molecular weight excluding hydrogens is 396 g/mol. The quantitative estimate of drug-likeness (QED) is 0.679. The number of amides is 1. The summed E-state index contributed by atoms with van der Waals surface area (Å²) in [6.07, 6.45) is 1.64. The van der Waals surface area contributed by atoms with Gasteiger partial charge >= 0.3 is 0 Å². The first kappa shape index (κ1) is 16.7. The molecule has 2 aromatic rings. The van der Waals surface area contributed by atoms with E-state index < -0.39 is 10.0 Å². The van der Waals surface area contributed by atoms with E-state index in [0.717, 1.165) is 0 Å². The Morgan fingerprint density at radius 1 is 1.21 bits per heavy atom. The number of rotatable bonds is 3. The fraction of sp³-hybridized carbons (Fsp3) is 0.0625. The Balaban J connectivity index is 2.12. The molecule has 124 valence electrons. The number of hydrogen-bond acceptors (Lipinski definition) is 4. The standard InChI is InChI=1S/C16H13BrN2O4S/c1-18-24(22,23)10-3-4-14-11(8-10)12(16(21)19-14)6-9-2-5-15(20)13(17)7-9/h2-8,18,20H,1H3,(H,19,21). The van der Waals surface area contributed by atoms with Crippen LogP contribution in [0.15, 0.2) is 45.8 Å². The average molecular weight is 409 g/mol. The maximum Gasteiger partial charge on any atom is 0.256 e. The summed E-state index contributed by atoms with van der Waals surface area (Å²) in [5.41, 5.74) is 2.12. The van der Waals surface area contributed by atoms with Crippen molar-refractivity contribution in [2.75, 3.05) is 12.4 Å². The van der Waals surface area contributed by atoms with Gasteiger partial charge in [0.15, 0.2) is 0 Å². The lowest BCUT2D eigenvalue weighted by Crippen LogP contribution is -2.18. The van der Waals surface area contributed by atoms with Gasteiger partial charge in [-0.2, -0.15) is 0 Å². The van der Waals surface area contributed by atoms with E-state index in [2.05, 4.69) is 26.0 Å². The van der Waals surface area contributed by atoms with Gasteiger partial charge in [-0.25, -0.2) is 13.1 Å². The summed E-state index contributed by atoms with van der Waals surface area (Å²) in [4.78, 5) is 12.3. The minimum absolute atomic E-state index is 0.0815. The molecule has 0 unspecified atom stereocenters. The van der Waals surface area contributed by atoms with Crippen LogP contribution in [0.3, 0.4) is 0 Å². The molecule has 0 saturated heterocycles. The van der Waals surface area contributed by atoms with Crippen LogP contribution in [0.2, 0.25) is 0 Å². The first-order chi connectivity index (χ1) is 11.3. The lowest BCUT2D eigenvalue weighted by molar-refractivity contribution is -0.110. The van der Waals surface area contributed by atoms with Crippen molar-refractivity contribution in [3.8, 4) is 5.75 Å². The van der Waals surface area contributed by atoms with Gasteiger partial charge in [-0.3, -0.25) is 4.79 Å². The number of benzene rings is 2. The fourth-order valence-electron chi connectivity index (χ4n) is 2.38. The number of phenols is 1. The number of phenolic OH excluding ortho intramolecular Hbond substituents is 1. The van der Waals surface area contributed by atoms with Crippen LogP contribution in [0, 0.1) is 0 Å². The Bertz CT molecular complexity index is 984. The Kier molecular flexibility index (Phi) is 4.20. The predicted molar refractivity (Wildman–Crippen MR) is 95.0 cm³/mol. The van der Waals surface area contributed by atoms with Gasteiger partial charge in [-0.15, -0.1) is 0 Å². The van der Waals surface area contributed by atoms with E-state index in [0.29, 0.717) is 26.9 Å². The van der Waals surface area contributed by atoms with Crippen LogP contribution >= 0.6 is 15.9 Å². The number of carbonyl (C=O) groups is 1. The van der Waals surface area contributed by atoms with Gasteiger partial charge in [0, 0.05) is 16.8 Å². The number of nitrogens with one attached hydrogen (secondary N) is 2. The van der Waals surface area contributed by atoms with E-state index in [1.165, 1.54) is 25.2 Å². The van der Waals surface area contributed by atoms with Crippen molar-refractivity contribution >= 4 is 49.2 Å². The molecule has 1 aliphatic heterocycles. The minimum Gasteiger partial charge on any atom is -0.507 e. The second kappa shape index (κ2) is 6.04. The zero-order chi connectivity index (χ0) is 17.5. The minimum atomic E-state index is -3.60. The highest BCUT2D eigenvalue weighted by atomic mass is 79.9. The molecule has 2 aromatic carbocycles. The summed E-state index contributed by atoms with van der Waals surface area (Å²) in [6.45, 7) is 0. The lowest BCUT2D eigenvalue weighted by Gasteiger charge is -2.05. The molecule has 0 fully saturated rings. The zero-order valence-corrected chi connectivity index (χ0v) is 14.9. The van der Waals surface area contributed by atoms with Crippen LogP contribution in [0.25, 0.3) is 11.6 Å². The molecule has 0 saturated carbocycles. The topological polar surface area (TPSA) is 95.5 Å². The van der Waals surface area contributed by atoms with E-state index in [9.17, 15) is 18.3 Å². The van der Waals surface area contributed by atoms with Crippen molar-refractivity contribution in [3.05, 3.63) is 52.0 Å². The van der Waals surface area contributed by atoms with Gasteiger partial charge in [0.05, 0.1) is 9.37 Å². The molecule has 0 atom stereocenters. The molecule has 1 aliphatic rings. The molecule has 6 nitrogen and oxygen atoms in total. The Hall–Kier alpha value is -2.16. The summed E-state index contributed by atoms with van der Waals surface area (Å²) in [7, 11) is -2.27. The van der Waals surface area contributed by atoms with Crippen LogP contribution in [-0.4, -0.2) is 26.5 Å². The number of halogens is 1. The van der Waals surface area contributed by atoms with Crippen molar-refractivity contribution in [2.24, 2.45) is 0 Å². The molecule has 0 radical (unpaired) electrons. The van der Waals surface area contributed by atoms with Crippen LogP contribution < -0.4 is 10.0 Å². The number of fused-ring (bicyclic) bond motifs is 1. The second-order valence-corrected chi connectivity index (χ2v) is 7.88. The Morgan fingerprint density at radius 2 is 1.96 bits per heavy atom. The molecule has 0 aromatic heterocycles. The van der Waals surface area contributed by atoms with Crippen molar-refractivity contribution in [3.63, 3.8) is 0 Å². The molecule has 8 heteroatoms. The third-order valence-corrected chi connectivity index (χ3v) is 5.68. The molecular formula is C16H13BrN2O4S. The summed E-state index contributed by atoms with van der Waals surface area (Å²) in [6, 6.07) is 9.29. The third kappa shape index (κ3) is 2.95. The zero-order valence-electron chi connectivity index (χ0n) is 12.5. The SMILES string of the molecule is CNS(=O)(=O)c1ccc2c(c1)C(=Cc1ccc(O)c(Br)c1)C(=O)N2. The van der Waals surface area contributed by atoms with Gasteiger partial charge in [-0.1, -0.05) is 6.07 Å². The van der Waals surface area contributed by atoms with Crippen molar-refractivity contribution < 1.29 is 18.3 Å². The molecule has 0 bridgehead atoms. The molecule has 3 N–H and O–H groups in total. The van der Waals surface area contributed by atoms with Crippen LogP contribution in [-0.2, 0) is 14.8 Å². The summed E-state index contributed by atoms with van der Waals surface area (Å²) in [5, 5.41) is 12.3. The highest BCUT2D eigenvalue weighted by molar-refractivity contribution is 9.10. The number of aromatic hydroxyl groups is 1. The molecule has 3 rings (SSSR count). The average Bonchev–Trinajstić information content (AvgIpc) is 2.86. The number of sulfonamides is 1. The van der Waals surface area contributed by atoms with Crippen LogP contribution in [0.4, 0.5) is 5.69 Å². The number of carbonyl (C=O) groups excluding carboxylic acids is 1. The molecule has 0 spiro atoms. The van der Waals surface area contributed by atoms with E-state index in [-0.39, 0.29) is 16.6 Å². The molecule has 24 heavy (non-hydrogen) atoms. The molecule has 1 heterocycles. The summed E-state index contributed by atoms with van der Waals surface area (Å²) < 4.78 is 26.7. The smallest absolute Gasteiger partial charge is 0.256 e. The fourth-order valence-corrected chi connectivity index (χ4v) is 3.53. The van der Waals surface area contributed by atoms with Gasteiger partial charge < -0.3 is 10.4 Å². The second-order valence-electron chi connectivity index (χ2n) is 5.14. The maximum atomic E-state index is 12.2. The first-order valence-electron chi connectivity index (χ1n) is 6.91. The summed E-state index contributed by atoms with van der Waals surface area (Å²) in [5.74, 6) is -0.218. The highest BCUT2D eigenvalue weighted by Crippen LogP contribution is 2.35. The van der Waals surface area contributed by atoms with E-state index in [4.69, 9.17) is 0 Å². The van der Waals surface area contributed by atoms with E-state index in [1.807, 2.05) is 0 Å². The third-order valence-electron chi connectivity index (χ3n) is 3.64. The van der Waals surface area contributed by atoms with E-state index >= 15 is 0 Å². The Labute approximate surface area is 147 Å². The predicted octanol–water partition coefficient (Wildman–Crippen LogP) is 2.56. The van der Waals surface area contributed by atoms with Gasteiger partial charge in [0.1, 0.15) is 5.75 Å². The van der Waals surface area contributed by atoms with Crippen molar-refractivity contribution in [2.45, 2.75) is 4.90 Å². The van der Waals surface area contributed by atoms with Crippen LogP contribution in [0.1, 0.15) is 11.1 Å². The van der Waals surface area contributed by atoms with Crippen LogP contribution in [0.5, 0.6) is 5.75 Å². The normalized spacial score (nSPS) is 15.4.